The van der Waals surface area contributed by atoms with Gasteiger partial charge in [-0.05, 0) is 55.9 Å². The van der Waals surface area contributed by atoms with Crippen LogP contribution in [-0.2, 0) is 0 Å². The summed E-state index contributed by atoms with van der Waals surface area (Å²) in [5, 5.41) is 16.8. The van der Waals surface area contributed by atoms with Gasteiger partial charge in [0.1, 0.15) is 11.4 Å². The molecule has 1 aromatic carbocycles. The van der Waals surface area contributed by atoms with Gasteiger partial charge in [-0.25, -0.2) is 4.68 Å². The number of ether oxygens (including phenoxy) is 1. The fourth-order valence-corrected chi connectivity index (χ4v) is 4.31. The summed E-state index contributed by atoms with van der Waals surface area (Å²) in [7, 11) is 0. The normalized spacial score (nSPS) is 22.7. The summed E-state index contributed by atoms with van der Waals surface area (Å²) in [6.07, 6.45) is 8.85. The third-order valence-electron chi connectivity index (χ3n) is 5.72. The maximum atomic E-state index is 12.9. The van der Waals surface area contributed by atoms with Crippen LogP contribution in [-0.4, -0.2) is 45.3 Å². The highest BCUT2D eigenvalue weighted by Crippen LogP contribution is 2.37. The maximum absolute atomic E-state index is 12.9. The third-order valence-corrected chi connectivity index (χ3v) is 5.72. The molecule has 2 fully saturated rings. The fourth-order valence-electron chi connectivity index (χ4n) is 4.31. The van der Waals surface area contributed by atoms with Crippen molar-refractivity contribution in [3.8, 4) is 17.6 Å². The lowest BCUT2D eigenvalue weighted by Gasteiger charge is -2.22. The number of nitriles is 1. The maximum Gasteiger partial charge on any atom is 0.251 e. The zero-order chi connectivity index (χ0) is 20.5. The van der Waals surface area contributed by atoms with Crippen molar-refractivity contribution in [2.75, 3.05) is 6.61 Å². The molecule has 1 N–H and O–H groups in total. The topological polar surface area (TPSA) is 83.2 Å². The summed E-state index contributed by atoms with van der Waals surface area (Å²) >= 11 is 0. The van der Waals surface area contributed by atoms with E-state index in [1.807, 2.05) is 24.1 Å². The summed E-state index contributed by atoms with van der Waals surface area (Å²) in [4.78, 5) is 14.8. The summed E-state index contributed by atoms with van der Waals surface area (Å²) in [5.74, 6) is 0.879. The Hall–Kier alpha value is -3.01. The first-order valence-corrected chi connectivity index (χ1v) is 10.2. The summed E-state index contributed by atoms with van der Waals surface area (Å²) in [5.41, 5.74) is 2.42. The minimum absolute atomic E-state index is 0.0226. The standard InChI is InChI=1S/C22H27N5O2/c1-14(2)12-29-21-8-16(4-6-20(21)27-11-15(3)10-24-27)22(28)25-18-9-17-5-7-19(18)26(17)13-23/h4,6,8,10-11,14,17-19H,5,7,9,12H2,1-3H3,(H,25,28)/t17-,18+,19+/m0/s1. The minimum atomic E-state index is -0.127. The number of rotatable bonds is 6. The molecule has 2 bridgehead atoms. The molecule has 1 amide bonds. The molecule has 2 saturated heterocycles. The molecular weight excluding hydrogens is 366 g/mol. The molecular formula is C22H27N5O2. The van der Waals surface area contributed by atoms with Gasteiger partial charge < -0.3 is 15.0 Å². The van der Waals surface area contributed by atoms with E-state index < -0.39 is 0 Å². The Balaban J connectivity index is 1.55. The molecule has 2 aliphatic rings. The lowest BCUT2D eigenvalue weighted by molar-refractivity contribution is 0.0928. The summed E-state index contributed by atoms with van der Waals surface area (Å²) < 4.78 is 7.79. The second kappa shape index (κ2) is 7.78. The Morgan fingerprint density at radius 2 is 2.24 bits per heavy atom. The van der Waals surface area contributed by atoms with Crippen LogP contribution in [0.5, 0.6) is 5.75 Å². The van der Waals surface area contributed by atoms with Gasteiger partial charge in [0.05, 0.1) is 24.9 Å². The number of carbonyl (C=O) groups is 1. The molecule has 7 heteroatoms. The van der Waals surface area contributed by atoms with Gasteiger partial charge in [0.25, 0.3) is 5.91 Å². The van der Waals surface area contributed by atoms with Crippen LogP contribution in [0.2, 0.25) is 0 Å². The van der Waals surface area contributed by atoms with E-state index in [9.17, 15) is 10.1 Å². The molecule has 4 rings (SSSR count). The molecule has 0 saturated carbocycles. The van der Waals surface area contributed by atoms with Crippen molar-refractivity contribution in [2.45, 2.75) is 58.2 Å². The molecule has 0 unspecified atom stereocenters. The van der Waals surface area contributed by atoms with E-state index in [0.717, 1.165) is 30.5 Å². The molecule has 0 aliphatic carbocycles. The molecule has 2 aromatic rings. The quantitative estimate of drug-likeness (QED) is 0.763. The van der Waals surface area contributed by atoms with E-state index in [1.54, 1.807) is 23.0 Å². The van der Waals surface area contributed by atoms with Gasteiger partial charge in [-0.1, -0.05) is 13.8 Å². The number of fused-ring (bicyclic) bond motifs is 2. The van der Waals surface area contributed by atoms with Crippen LogP contribution in [0.3, 0.4) is 0 Å². The van der Waals surface area contributed by atoms with Crippen molar-refractivity contribution in [3.05, 3.63) is 41.7 Å². The van der Waals surface area contributed by atoms with Crippen LogP contribution >= 0.6 is 0 Å². The first-order valence-electron chi connectivity index (χ1n) is 10.2. The molecule has 0 radical (unpaired) electrons. The molecule has 2 aliphatic heterocycles. The number of aryl methyl sites for hydroxylation is 1. The highest BCUT2D eigenvalue weighted by atomic mass is 16.5. The lowest BCUT2D eigenvalue weighted by atomic mass is 9.95. The lowest BCUT2D eigenvalue weighted by Crippen LogP contribution is -2.43. The molecule has 3 atom stereocenters. The van der Waals surface area contributed by atoms with E-state index >= 15 is 0 Å². The second-order valence-electron chi connectivity index (χ2n) is 8.47. The average molecular weight is 393 g/mol. The smallest absolute Gasteiger partial charge is 0.251 e. The zero-order valence-corrected chi connectivity index (χ0v) is 17.1. The predicted molar refractivity (Wildman–Crippen MR) is 109 cm³/mol. The van der Waals surface area contributed by atoms with Crippen LogP contribution in [0.25, 0.3) is 5.69 Å². The second-order valence-corrected chi connectivity index (χ2v) is 8.47. The van der Waals surface area contributed by atoms with Gasteiger partial charge in [-0.2, -0.15) is 10.4 Å². The van der Waals surface area contributed by atoms with Crippen molar-refractivity contribution in [2.24, 2.45) is 5.92 Å². The molecule has 1 aromatic heterocycles. The number of amides is 1. The highest BCUT2D eigenvalue weighted by molar-refractivity contribution is 5.95. The van der Waals surface area contributed by atoms with E-state index in [0.29, 0.717) is 23.8 Å². The molecule has 0 spiro atoms. The van der Waals surface area contributed by atoms with E-state index in [-0.39, 0.29) is 24.0 Å². The number of aromatic nitrogens is 2. The van der Waals surface area contributed by atoms with Gasteiger partial charge in [0.2, 0.25) is 0 Å². The van der Waals surface area contributed by atoms with E-state index in [1.165, 1.54) is 0 Å². The Morgan fingerprint density at radius 3 is 2.90 bits per heavy atom. The molecule has 152 valence electrons. The molecule has 29 heavy (non-hydrogen) atoms. The predicted octanol–water partition coefficient (Wildman–Crippen LogP) is 3.03. The van der Waals surface area contributed by atoms with Crippen LogP contribution in [0.4, 0.5) is 0 Å². The zero-order valence-electron chi connectivity index (χ0n) is 17.1. The SMILES string of the molecule is Cc1cnn(-c2ccc(C(=O)N[C@@H]3C[C@@H]4CC[C@H]3N4C#N)cc2OCC(C)C)c1. The summed E-state index contributed by atoms with van der Waals surface area (Å²) in [6, 6.07) is 5.88. The van der Waals surface area contributed by atoms with Gasteiger partial charge >= 0.3 is 0 Å². The largest absolute Gasteiger partial charge is 0.491 e. The first-order chi connectivity index (χ1) is 14.0. The average Bonchev–Trinajstić information content (AvgIpc) is 3.39. The van der Waals surface area contributed by atoms with Crippen molar-refractivity contribution < 1.29 is 9.53 Å². The van der Waals surface area contributed by atoms with Crippen molar-refractivity contribution >= 4 is 5.91 Å². The Kier molecular flexibility index (Phi) is 5.18. The molecule has 3 heterocycles. The van der Waals surface area contributed by atoms with Crippen LogP contribution in [0.15, 0.2) is 30.6 Å². The number of carbonyl (C=O) groups excluding carboxylic acids is 1. The Morgan fingerprint density at radius 1 is 1.41 bits per heavy atom. The van der Waals surface area contributed by atoms with Crippen molar-refractivity contribution in [3.63, 3.8) is 0 Å². The number of nitrogens with one attached hydrogen (secondary N) is 1. The van der Waals surface area contributed by atoms with E-state index in [4.69, 9.17) is 4.74 Å². The van der Waals surface area contributed by atoms with Gasteiger partial charge in [0.15, 0.2) is 6.19 Å². The number of nitrogens with zero attached hydrogens (tertiary/aromatic N) is 4. The van der Waals surface area contributed by atoms with Gasteiger partial charge in [-0.15, -0.1) is 0 Å². The Bertz CT molecular complexity index is 945. The van der Waals surface area contributed by atoms with Gasteiger partial charge in [0, 0.05) is 17.8 Å². The fraction of sp³-hybridized carbons (Fsp3) is 0.500. The number of benzene rings is 1. The Labute approximate surface area is 171 Å². The van der Waals surface area contributed by atoms with Gasteiger partial charge in [-0.3, -0.25) is 4.79 Å². The van der Waals surface area contributed by atoms with Crippen LogP contribution in [0.1, 0.15) is 49.0 Å². The molecule has 7 nitrogen and oxygen atoms in total. The third kappa shape index (κ3) is 3.80. The summed E-state index contributed by atoms with van der Waals surface area (Å²) in [6.45, 7) is 6.72. The minimum Gasteiger partial charge on any atom is -0.491 e. The monoisotopic (exact) mass is 393 g/mol. The first kappa shape index (κ1) is 19.3. The van der Waals surface area contributed by atoms with Crippen LogP contribution < -0.4 is 10.1 Å². The number of hydrogen-bond donors (Lipinski definition) is 1. The van der Waals surface area contributed by atoms with Crippen molar-refractivity contribution in [1.29, 1.82) is 5.26 Å². The van der Waals surface area contributed by atoms with Crippen LogP contribution in [0, 0.1) is 24.3 Å². The van der Waals surface area contributed by atoms with Crippen molar-refractivity contribution in [1.82, 2.24) is 20.0 Å². The highest BCUT2D eigenvalue weighted by Gasteiger charge is 2.46. The van der Waals surface area contributed by atoms with E-state index in [2.05, 4.69) is 30.5 Å². The number of hydrogen-bond acceptors (Lipinski definition) is 5.